The molecule has 0 unspecified atom stereocenters. The fourth-order valence-corrected chi connectivity index (χ4v) is 7.70. The normalized spacial score (nSPS) is 16.6. The Morgan fingerprint density at radius 3 is 2.35 bits per heavy atom. The molecular formula is C28H36FNO5S2. The average molecular weight is 550 g/mol. The van der Waals surface area contributed by atoms with Crippen molar-refractivity contribution < 1.29 is 27.4 Å². The van der Waals surface area contributed by atoms with E-state index in [2.05, 4.69) is 18.7 Å². The number of unbranched alkanes of at least 4 members (excludes halogenated alkanes) is 2. The summed E-state index contributed by atoms with van der Waals surface area (Å²) in [4.78, 5) is 13.8. The van der Waals surface area contributed by atoms with Gasteiger partial charge in [-0.2, -0.15) is 4.39 Å². The van der Waals surface area contributed by atoms with E-state index in [1.165, 1.54) is 17.8 Å². The number of fused-ring (bicyclic) bond motifs is 1. The monoisotopic (exact) mass is 549 g/mol. The van der Waals surface area contributed by atoms with Crippen LogP contribution in [0.5, 0.6) is 5.75 Å². The molecule has 0 spiro atoms. The van der Waals surface area contributed by atoms with Crippen LogP contribution < -0.4 is 9.64 Å². The molecule has 6 nitrogen and oxygen atoms in total. The van der Waals surface area contributed by atoms with Crippen LogP contribution in [0.2, 0.25) is 0 Å². The van der Waals surface area contributed by atoms with Crippen LogP contribution in [0, 0.1) is 5.41 Å². The van der Waals surface area contributed by atoms with Crippen molar-refractivity contribution in [1.82, 2.24) is 0 Å². The Bertz CT molecular complexity index is 1210. The van der Waals surface area contributed by atoms with E-state index < -0.39 is 27.0 Å². The van der Waals surface area contributed by atoms with Gasteiger partial charge in [-0.25, -0.2) is 13.2 Å². The van der Waals surface area contributed by atoms with E-state index in [0.29, 0.717) is 29.1 Å². The number of hydrogen-bond donors (Lipinski definition) is 1. The number of carboxylic acids is 1. The predicted octanol–water partition coefficient (Wildman–Crippen LogP) is 7.37. The first-order valence-electron chi connectivity index (χ1n) is 12.8. The second kappa shape index (κ2) is 12.8. The van der Waals surface area contributed by atoms with Crippen molar-refractivity contribution in [2.75, 3.05) is 23.0 Å². The number of carbonyl (C=O) groups is 1. The van der Waals surface area contributed by atoms with Crippen LogP contribution in [0.3, 0.4) is 0 Å². The van der Waals surface area contributed by atoms with Gasteiger partial charge >= 0.3 is 5.97 Å². The van der Waals surface area contributed by atoms with Crippen LogP contribution in [-0.2, 0) is 14.6 Å². The van der Waals surface area contributed by atoms with Gasteiger partial charge in [-0.3, -0.25) is 0 Å². The van der Waals surface area contributed by atoms with E-state index in [1.807, 2.05) is 37.3 Å². The molecule has 37 heavy (non-hydrogen) atoms. The minimum Gasteiger partial charge on any atom is -0.476 e. The van der Waals surface area contributed by atoms with Gasteiger partial charge in [0.1, 0.15) is 12.0 Å². The SMILES string of the molecule is CCCCC1(CCCC)CN(c2ccccc2)c2cc(SCC)c(O/C=C(\F)C(=O)O)cc2S(=O)(=O)C1. The standard InChI is InChI=1S/C28H36FNO5S2/c1-4-7-14-28(15-8-5-2)19-30(21-12-10-9-11-13-21)23-16-25(36-6-3)24(35-18-22(29)27(31)32)17-26(23)37(33,34)20-28/h9-13,16-18H,4-8,14-15,19-20H2,1-3H3,(H,31,32)/b22-18-. The Balaban J connectivity index is 2.25. The summed E-state index contributed by atoms with van der Waals surface area (Å²) < 4.78 is 47.1. The van der Waals surface area contributed by atoms with Crippen molar-refractivity contribution in [2.24, 2.45) is 5.41 Å². The number of hydrogen-bond acceptors (Lipinski definition) is 6. The van der Waals surface area contributed by atoms with E-state index in [-0.39, 0.29) is 16.4 Å². The third kappa shape index (κ3) is 7.08. The number of thioether (sulfide) groups is 1. The smallest absolute Gasteiger partial charge is 0.368 e. The lowest BCUT2D eigenvalue weighted by atomic mass is 9.79. The third-order valence-corrected chi connectivity index (χ3v) is 9.53. The van der Waals surface area contributed by atoms with Gasteiger partial charge in [-0.05, 0) is 36.8 Å². The number of sulfone groups is 1. The van der Waals surface area contributed by atoms with Crippen LogP contribution in [-0.4, -0.2) is 37.5 Å². The van der Waals surface area contributed by atoms with Gasteiger partial charge in [0.05, 0.1) is 21.2 Å². The summed E-state index contributed by atoms with van der Waals surface area (Å²) in [5, 5.41) is 8.87. The first-order valence-corrected chi connectivity index (χ1v) is 15.4. The fourth-order valence-electron chi connectivity index (χ4n) is 4.83. The van der Waals surface area contributed by atoms with E-state index in [4.69, 9.17) is 9.84 Å². The molecule has 0 aromatic heterocycles. The molecule has 0 fully saturated rings. The Morgan fingerprint density at radius 2 is 1.78 bits per heavy atom. The number of ether oxygens (including phenoxy) is 1. The highest BCUT2D eigenvalue weighted by Crippen LogP contribution is 2.48. The molecule has 2 aromatic rings. The molecule has 1 aliphatic rings. The first kappa shape index (κ1) is 29.0. The lowest BCUT2D eigenvalue weighted by Gasteiger charge is -2.37. The van der Waals surface area contributed by atoms with Gasteiger partial charge < -0.3 is 14.7 Å². The lowest BCUT2D eigenvalue weighted by Crippen LogP contribution is -2.38. The van der Waals surface area contributed by atoms with Gasteiger partial charge in [0, 0.05) is 23.7 Å². The Labute approximate surface area is 223 Å². The summed E-state index contributed by atoms with van der Waals surface area (Å²) in [7, 11) is -3.76. The maximum Gasteiger partial charge on any atom is 0.368 e. The highest BCUT2D eigenvalue weighted by Gasteiger charge is 2.42. The van der Waals surface area contributed by atoms with E-state index in [0.717, 1.165) is 44.2 Å². The molecule has 0 atom stereocenters. The average Bonchev–Trinajstić information content (AvgIpc) is 2.97. The van der Waals surface area contributed by atoms with E-state index in [1.54, 1.807) is 6.07 Å². The molecular weight excluding hydrogens is 513 g/mol. The molecule has 202 valence electrons. The maximum absolute atomic E-state index is 14.0. The Morgan fingerprint density at radius 1 is 1.14 bits per heavy atom. The summed E-state index contributed by atoms with van der Waals surface area (Å²) in [6, 6.07) is 13.0. The van der Waals surface area contributed by atoms with Crippen LogP contribution in [0.4, 0.5) is 15.8 Å². The van der Waals surface area contributed by atoms with Crippen LogP contribution in [0.1, 0.15) is 59.3 Å². The van der Waals surface area contributed by atoms with Crippen molar-refractivity contribution in [1.29, 1.82) is 0 Å². The second-order valence-corrected chi connectivity index (χ2v) is 12.7. The molecule has 3 rings (SSSR count). The van der Waals surface area contributed by atoms with Crippen molar-refractivity contribution >= 4 is 38.9 Å². The van der Waals surface area contributed by atoms with Crippen LogP contribution >= 0.6 is 11.8 Å². The molecule has 0 radical (unpaired) electrons. The first-order chi connectivity index (χ1) is 17.7. The topological polar surface area (TPSA) is 83.9 Å². The minimum atomic E-state index is -3.76. The number of rotatable bonds is 12. The molecule has 2 aromatic carbocycles. The summed E-state index contributed by atoms with van der Waals surface area (Å²) in [6.07, 6.45) is 5.92. The zero-order valence-corrected chi connectivity index (χ0v) is 23.3. The lowest BCUT2D eigenvalue weighted by molar-refractivity contribution is -0.134. The van der Waals surface area contributed by atoms with Gasteiger partial charge in [0.25, 0.3) is 0 Å². The van der Waals surface area contributed by atoms with E-state index in [9.17, 15) is 17.6 Å². The zero-order valence-electron chi connectivity index (χ0n) is 21.7. The van der Waals surface area contributed by atoms with Gasteiger partial charge in [0.15, 0.2) is 9.84 Å². The quantitative estimate of drug-likeness (QED) is 0.168. The van der Waals surface area contributed by atoms with Gasteiger partial charge in [0.2, 0.25) is 5.83 Å². The second-order valence-electron chi connectivity index (χ2n) is 9.48. The predicted molar refractivity (Wildman–Crippen MR) is 147 cm³/mol. The molecule has 1 aliphatic heterocycles. The van der Waals surface area contributed by atoms with Crippen LogP contribution in [0.15, 0.2) is 64.3 Å². The van der Waals surface area contributed by atoms with Gasteiger partial charge in [-0.1, -0.05) is 64.7 Å². The number of anilines is 2. The molecule has 9 heteroatoms. The number of nitrogens with zero attached hydrogens (tertiary/aromatic N) is 1. The minimum absolute atomic E-state index is 0.00929. The summed E-state index contributed by atoms with van der Waals surface area (Å²) in [6.45, 7) is 6.74. The fraction of sp³-hybridized carbons (Fsp3) is 0.464. The number of benzene rings is 2. The molecule has 1 N–H and O–H groups in total. The Hall–Kier alpha value is -2.52. The van der Waals surface area contributed by atoms with E-state index >= 15 is 0 Å². The highest BCUT2D eigenvalue weighted by molar-refractivity contribution is 7.99. The van der Waals surface area contributed by atoms with Crippen molar-refractivity contribution in [2.45, 2.75) is 69.1 Å². The number of halogens is 1. The molecule has 1 heterocycles. The summed E-state index contributed by atoms with van der Waals surface area (Å²) in [5.74, 6) is -2.42. The highest BCUT2D eigenvalue weighted by atomic mass is 32.2. The number of para-hydroxylation sites is 1. The molecule has 0 saturated carbocycles. The zero-order chi connectivity index (χ0) is 27.1. The number of carboxylic acid groups (broad SMARTS) is 1. The molecule has 0 bridgehead atoms. The maximum atomic E-state index is 14.0. The third-order valence-electron chi connectivity index (χ3n) is 6.62. The van der Waals surface area contributed by atoms with Gasteiger partial charge in [-0.15, -0.1) is 11.8 Å². The molecule has 0 saturated heterocycles. The van der Waals surface area contributed by atoms with Crippen molar-refractivity contribution in [3.63, 3.8) is 0 Å². The number of aliphatic carboxylic acids is 1. The molecule has 0 amide bonds. The largest absolute Gasteiger partial charge is 0.476 e. The Kier molecular flexibility index (Phi) is 10.1. The summed E-state index contributed by atoms with van der Waals surface area (Å²) in [5.41, 5.74) is 1.02. The van der Waals surface area contributed by atoms with Crippen LogP contribution in [0.25, 0.3) is 0 Å². The van der Waals surface area contributed by atoms with Crippen molar-refractivity contribution in [3.8, 4) is 5.75 Å². The molecule has 0 aliphatic carbocycles. The van der Waals surface area contributed by atoms with Crippen molar-refractivity contribution in [3.05, 3.63) is 54.6 Å². The summed E-state index contributed by atoms with van der Waals surface area (Å²) >= 11 is 1.42.